The van der Waals surface area contributed by atoms with E-state index in [1.165, 1.54) is 0 Å². The first kappa shape index (κ1) is 10.1. The zero-order chi connectivity index (χ0) is 9.52. The second-order valence-electron chi connectivity index (χ2n) is 3.07. The molecule has 0 saturated heterocycles. The van der Waals surface area contributed by atoms with Gasteiger partial charge in [0, 0.05) is 7.11 Å². The van der Waals surface area contributed by atoms with E-state index in [4.69, 9.17) is 16.0 Å². The van der Waals surface area contributed by atoms with Crippen molar-refractivity contribution in [2.45, 2.75) is 31.8 Å². The van der Waals surface area contributed by atoms with Crippen LogP contribution >= 0.6 is 0 Å². The lowest BCUT2D eigenvalue weighted by molar-refractivity contribution is 0.0846. The van der Waals surface area contributed by atoms with Gasteiger partial charge in [0.25, 0.3) is 0 Å². The Balaban J connectivity index is 2.24. The predicted octanol–water partition coefficient (Wildman–Crippen LogP) is 1.58. The second kappa shape index (κ2) is 5.60. The third-order valence-corrected chi connectivity index (χ3v) is 2.18. The molecule has 0 heterocycles. The Labute approximate surface area is 79.1 Å². The SMILES string of the molecule is C#CCON=C1CCC(OC)CC1. The van der Waals surface area contributed by atoms with Crippen molar-refractivity contribution in [3.8, 4) is 12.3 Å². The summed E-state index contributed by atoms with van der Waals surface area (Å²) in [5.41, 5.74) is 1.10. The molecule has 13 heavy (non-hydrogen) atoms. The second-order valence-corrected chi connectivity index (χ2v) is 3.07. The number of hydrogen-bond donors (Lipinski definition) is 0. The van der Waals surface area contributed by atoms with Crippen LogP contribution in [0.25, 0.3) is 0 Å². The summed E-state index contributed by atoms with van der Waals surface area (Å²) in [6.45, 7) is 0.261. The fourth-order valence-electron chi connectivity index (χ4n) is 1.41. The van der Waals surface area contributed by atoms with Gasteiger partial charge in [0.1, 0.15) is 0 Å². The number of oxime groups is 1. The first-order valence-corrected chi connectivity index (χ1v) is 4.50. The Bertz CT molecular complexity index is 207. The van der Waals surface area contributed by atoms with Gasteiger partial charge in [-0.1, -0.05) is 11.1 Å². The van der Waals surface area contributed by atoms with Gasteiger partial charge in [-0.2, -0.15) is 0 Å². The third kappa shape index (κ3) is 3.47. The molecule has 1 aliphatic carbocycles. The van der Waals surface area contributed by atoms with Crippen LogP contribution in [0.15, 0.2) is 5.16 Å². The maximum Gasteiger partial charge on any atom is 0.177 e. The lowest BCUT2D eigenvalue weighted by Gasteiger charge is -2.20. The highest BCUT2D eigenvalue weighted by Gasteiger charge is 2.16. The summed E-state index contributed by atoms with van der Waals surface area (Å²) < 4.78 is 5.24. The molecule has 3 heteroatoms. The number of hydrogen-bond acceptors (Lipinski definition) is 3. The van der Waals surface area contributed by atoms with E-state index in [1.54, 1.807) is 7.11 Å². The van der Waals surface area contributed by atoms with Crippen molar-refractivity contribution in [2.75, 3.05) is 13.7 Å². The first-order chi connectivity index (χ1) is 6.36. The Morgan fingerprint density at radius 2 is 2.23 bits per heavy atom. The van der Waals surface area contributed by atoms with Crippen molar-refractivity contribution in [1.29, 1.82) is 0 Å². The highest BCUT2D eigenvalue weighted by Crippen LogP contribution is 2.18. The highest BCUT2D eigenvalue weighted by atomic mass is 16.6. The van der Waals surface area contributed by atoms with Crippen LogP contribution in [0.1, 0.15) is 25.7 Å². The summed E-state index contributed by atoms with van der Waals surface area (Å²) in [6.07, 6.45) is 9.41. The molecule has 0 atom stereocenters. The Morgan fingerprint density at radius 3 is 2.77 bits per heavy atom. The van der Waals surface area contributed by atoms with E-state index >= 15 is 0 Å². The Kier molecular flexibility index (Phi) is 4.34. The van der Waals surface area contributed by atoms with Gasteiger partial charge in [-0.05, 0) is 25.7 Å². The molecule has 1 aliphatic rings. The zero-order valence-electron chi connectivity index (χ0n) is 7.95. The molecule has 0 N–H and O–H groups in total. The van der Waals surface area contributed by atoms with Gasteiger partial charge < -0.3 is 9.57 Å². The number of nitrogens with zero attached hydrogens (tertiary/aromatic N) is 1. The van der Waals surface area contributed by atoms with E-state index in [-0.39, 0.29) is 6.61 Å². The van der Waals surface area contributed by atoms with E-state index in [0.29, 0.717) is 6.10 Å². The summed E-state index contributed by atoms with van der Waals surface area (Å²) >= 11 is 0. The van der Waals surface area contributed by atoms with Crippen molar-refractivity contribution in [3.05, 3.63) is 0 Å². The van der Waals surface area contributed by atoms with Crippen LogP contribution in [-0.2, 0) is 9.57 Å². The molecule has 0 unspecified atom stereocenters. The fraction of sp³-hybridized carbons (Fsp3) is 0.700. The molecular weight excluding hydrogens is 166 g/mol. The predicted molar refractivity (Wildman–Crippen MR) is 51.5 cm³/mol. The van der Waals surface area contributed by atoms with Crippen LogP contribution in [0, 0.1) is 12.3 Å². The number of methoxy groups -OCH3 is 1. The summed E-state index contributed by atoms with van der Waals surface area (Å²) in [5.74, 6) is 2.37. The van der Waals surface area contributed by atoms with Crippen molar-refractivity contribution in [2.24, 2.45) is 5.16 Å². The van der Waals surface area contributed by atoms with Crippen molar-refractivity contribution >= 4 is 5.71 Å². The van der Waals surface area contributed by atoms with E-state index in [0.717, 1.165) is 31.4 Å². The molecule has 0 aromatic heterocycles. The molecule has 0 bridgehead atoms. The molecule has 1 rings (SSSR count). The zero-order valence-corrected chi connectivity index (χ0v) is 7.95. The van der Waals surface area contributed by atoms with Gasteiger partial charge in [-0.15, -0.1) is 6.42 Å². The summed E-state index contributed by atoms with van der Waals surface area (Å²) in [7, 11) is 1.75. The normalized spacial score (nSPS) is 22.2. The lowest BCUT2D eigenvalue weighted by Crippen LogP contribution is -2.20. The molecule has 0 aromatic rings. The third-order valence-electron chi connectivity index (χ3n) is 2.18. The molecule has 0 radical (unpaired) electrons. The molecule has 3 nitrogen and oxygen atoms in total. The highest BCUT2D eigenvalue weighted by molar-refractivity contribution is 5.84. The minimum absolute atomic E-state index is 0.261. The molecule has 1 saturated carbocycles. The van der Waals surface area contributed by atoms with Crippen LogP contribution in [0.4, 0.5) is 0 Å². The van der Waals surface area contributed by atoms with E-state index in [2.05, 4.69) is 11.1 Å². The topological polar surface area (TPSA) is 30.8 Å². The van der Waals surface area contributed by atoms with Crippen molar-refractivity contribution < 1.29 is 9.57 Å². The maximum absolute atomic E-state index is 5.24. The Hall–Kier alpha value is -1.01. The van der Waals surface area contributed by atoms with Gasteiger partial charge in [-0.3, -0.25) is 0 Å². The molecular formula is C10H15NO2. The van der Waals surface area contributed by atoms with Crippen LogP contribution in [0.5, 0.6) is 0 Å². The van der Waals surface area contributed by atoms with Crippen molar-refractivity contribution in [1.82, 2.24) is 0 Å². The van der Waals surface area contributed by atoms with Gasteiger partial charge in [-0.25, -0.2) is 0 Å². The van der Waals surface area contributed by atoms with Crippen LogP contribution in [-0.4, -0.2) is 25.5 Å². The first-order valence-electron chi connectivity index (χ1n) is 4.50. The van der Waals surface area contributed by atoms with Gasteiger partial charge in [0.05, 0.1) is 11.8 Å². The Morgan fingerprint density at radius 1 is 1.54 bits per heavy atom. The summed E-state index contributed by atoms with van der Waals surface area (Å²) in [6, 6.07) is 0. The van der Waals surface area contributed by atoms with E-state index in [1.807, 2.05) is 0 Å². The van der Waals surface area contributed by atoms with Gasteiger partial charge in [0.2, 0.25) is 0 Å². The van der Waals surface area contributed by atoms with Crippen LogP contribution in [0.2, 0.25) is 0 Å². The smallest absolute Gasteiger partial charge is 0.177 e. The minimum atomic E-state index is 0.261. The van der Waals surface area contributed by atoms with Gasteiger partial charge >= 0.3 is 0 Å². The average molecular weight is 181 g/mol. The maximum atomic E-state index is 5.24. The average Bonchev–Trinajstić information content (AvgIpc) is 2.19. The molecule has 0 aliphatic heterocycles. The monoisotopic (exact) mass is 181 g/mol. The number of terminal acetylenes is 1. The largest absolute Gasteiger partial charge is 0.383 e. The fourth-order valence-corrected chi connectivity index (χ4v) is 1.41. The quantitative estimate of drug-likeness (QED) is 0.376. The van der Waals surface area contributed by atoms with Gasteiger partial charge in [0.15, 0.2) is 6.61 Å². The molecule has 0 amide bonds. The van der Waals surface area contributed by atoms with E-state index < -0.39 is 0 Å². The summed E-state index contributed by atoms with van der Waals surface area (Å²) in [4.78, 5) is 4.90. The van der Waals surface area contributed by atoms with Crippen molar-refractivity contribution in [3.63, 3.8) is 0 Å². The van der Waals surface area contributed by atoms with E-state index in [9.17, 15) is 0 Å². The van der Waals surface area contributed by atoms with Crippen LogP contribution < -0.4 is 0 Å². The molecule has 0 aromatic carbocycles. The standard InChI is InChI=1S/C10H15NO2/c1-3-8-13-11-9-4-6-10(12-2)7-5-9/h1,10H,4-8H2,2H3. The number of rotatable bonds is 3. The molecule has 1 fully saturated rings. The molecule has 0 spiro atoms. The lowest BCUT2D eigenvalue weighted by atomic mass is 9.96. The minimum Gasteiger partial charge on any atom is -0.383 e. The summed E-state index contributed by atoms with van der Waals surface area (Å²) in [5, 5.41) is 3.96. The molecule has 72 valence electrons. The van der Waals surface area contributed by atoms with Crippen LogP contribution in [0.3, 0.4) is 0 Å². The number of ether oxygens (including phenoxy) is 1.